The Balaban J connectivity index is 2.33. The monoisotopic (exact) mass is 281 g/mol. The van der Waals surface area contributed by atoms with Gasteiger partial charge < -0.3 is 9.64 Å². The minimum atomic E-state index is -0.543. The number of nitrogens with zero attached hydrogens (tertiary/aromatic N) is 1. The molecule has 1 aliphatic rings. The molecule has 0 radical (unpaired) electrons. The number of carbonyl (C=O) groups excluding carboxylic acids is 1. The van der Waals surface area contributed by atoms with Gasteiger partial charge in [0.2, 0.25) is 0 Å². The molecular formula is C15H20ClNO2. The zero-order valence-corrected chi connectivity index (χ0v) is 12.4. The molecule has 104 valence electrons. The zero-order valence-electron chi connectivity index (χ0n) is 11.6. The maximum Gasteiger partial charge on any atom is 0.316 e. The van der Waals surface area contributed by atoms with Crippen LogP contribution >= 0.6 is 11.6 Å². The SMILES string of the molecule is CCOC(=O)C1(c2ccccc2Cl)CC1CN(C)C. The van der Waals surface area contributed by atoms with E-state index in [-0.39, 0.29) is 11.9 Å². The molecule has 0 aliphatic heterocycles. The Morgan fingerprint density at radius 1 is 1.47 bits per heavy atom. The number of carbonyl (C=O) groups is 1. The average Bonchev–Trinajstić information content (AvgIpc) is 3.04. The van der Waals surface area contributed by atoms with Crippen molar-refractivity contribution >= 4 is 17.6 Å². The van der Waals surface area contributed by atoms with Crippen LogP contribution in [0.5, 0.6) is 0 Å². The van der Waals surface area contributed by atoms with Crippen LogP contribution in [0.2, 0.25) is 5.02 Å². The fraction of sp³-hybridized carbons (Fsp3) is 0.533. The lowest BCUT2D eigenvalue weighted by atomic mass is 9.93. The minimum Gasteiger partial charge on any atom is -0.465 e. The van der Waals surface area contributed by atoms with Crippen LogP contribution < -0.4 is 0 Å². The molecule has 0 heterocycles. The van der Waals surface area contributed by atoms with Crippen LogP contribution in [0, 0.1) is 5.92 Å². The van der Waals surface area contributed by atoms with Gasteiger partial charge in [-0.15, -0.1) is 0 Å². The fourth-order valence-electron chi connectivity index (χ4n) is 2.76. The van der Waals surface area contributed by atoms with E-state index in [1.165, 1.54) is 0 Å². The summed E-state index contributed by atoms with van der Waals surface area (Å²) in [4.78, 5) is 14.5. The maximum atomic E-state index is 12.4. The molecule has 1 aliphatic carbocycles. The van der Waals surface area contributed by atoms with Gasteiger partial charge >= 0.3 is 5.97 Å². The highest BCUT2D eigenvalue weighted by Gasteiger charge is 2.62. The highest BCUT2D eigenvalue weighted by molar-refractivity contribution is 6.31. The van der Waals surface area contributed by atoms with Gasteiger partial charge in [0.05, 0.1) is 12.0 Å². The molecule has 0 saturated heterocycles. The zero-order chi connectivity index (χ0) is 14.0. The standard InChI is InChI=1S/C15H20ClNO2/c1-4-19-14(18)15(9-11(15)10-17(2)3)12-7-5-6-8-13(12)16/h5-8,11H,4,9-10H2,1-3H3. The molecule has 19 heavy (non-hydrogen) atoms. The summed E-state index contributed by atoms with van der Waals surface area (Å²) in [6.07, 6.45) is 0.813. The van der Waals surface area contributed by atoms with Crippen molar-refractivity contribution in [3.63, 3.8) is 0 Å². The summed E-state index contributed by atoms with van der Waals surface area (Å²) >= 11 is 6.27. The second-order valence-electron chi connectivity index (χ2n) is 5.33. The highest BCUT2D eigenvalue weighted by Crippen LogP contribution is 2.57. The van der Waals surface area contributed by atoms with E-state index in [9.17, 15) is 4.79 Å². The molecule has 1 aromatic rings. The Kier molecular flexibility index (Phi) is 4.16. The van der Waals surface area contributed by atoms with E-state index in [1.54, 1.807) is 0 Å². The van der Waals surface area contributed by atoms with E-state index in [1.807, 2.05) is 45.3 Å². The minimum absolute atomic E-state index is 0.144. The van der Waals surface area contributed by atoms with Crippen molar-refractivity contribution in [3.05, 3.63) is 34.9 Å². The first kappa shape index (κ1) is 14.4. The van der Waals surface area contributed by atoms with Gasteiger partial charge in [0, 0.05) is 11.6 Å². The number of benzene rings is 1. The third-order valence-corrected chi connectivity index (χ3v) is 4.01. The van der Waals surface area contributed by atoms with Crippen LogP contribution in [0.3, 0.4) is 0 Å². The van der Waals surface area contributed by atoms with Crippen LogP contribution in [0.4, 0.5) is 0 Å². The van der Waals surface area contributed by atoms with E-state index in [0.29, 0.717) is 11.6 Å². The second kappa shape index (κ2) is 5.51. The van der Waals surface area contributed by atoms with Gasteiger partial charge in [-0.25, -0.2) is 0 Å². The van der Waals surface area contributed by atoms with Crippen LogP contribution in [-0.2, 0) is 14.9 Å². The van der Waals surface area contributed by atoms with Crippen molar-refractivity contribution in [2.24, 2.45) is 5.92 Å². The lowest BCUT2D eigenvalue weighted by Crippen LogP contribution is -2.29. The molecule has 3 nitrogen and oxygen atoms in total. The van der Waals surface area contributed by atoms with Gasteiger partial charge in [0.15, 0.2) is 0 Å². The lowest BCUT2D eigenvalue weighted by molar-refractivity contribution is -0.146. The summed E-state index contributed by atoms with van der Waals surface area (Å²) in [5.74, 6) is 0.136. The van der Waals surface area contributed by atoms with E-state index < -0.39 is 5.41 Å². The third kappa shape index (κ3) is 2.63. The van der Waals surface area contributed by atoms with Crippen molar-refractivity contribution in [2.45, 2.75) is 18.8 Å². The van der Waals surface area contributed by atoms with Crippen molar-refractivity contribution in [1.29, 1.82) is 0 Å². The highest BCUT2D eigenvalue weighted by atomic mass is 35.5. The number of ether oxygens (including phenoxy) is 1. The molecule has 2 unspecified atom stereocenters. The van der Waals surface area contributed by atoms with Gasteiger partial charge in [-0.3, -0.25) is 4.79 Å². The largest absolute Gasteiger partial charge is 0.465 e. The number of hydrogen-bond acceptors (Lipinski definition) is 3. The van der Waals surface area contributed by atoms with E-state index in [2.05, 4.69) is 4.90 Å². The van der Waals surface area contributed by atoms with Gasteiger partial charge in [-0.1, -0.05) is 29.8 Å². The van der Waals surface area contributed by atoms with Crippen LogP contribution in [-0.4, -0.2) is 38.1 Å². The Labute approximate surface area is 119 Å². The van der Waals surface area contributed by atoms with Crippen molar-refractivity contribution in [1.82, 2.24) is 4.90 Å². The van der Waals surface area contributed by atoms with Crippen LogP contribution in [0.1, 0.15) is 18.9 Å². The van der Waals surface area contributed by atoms with E-state index >= 15 is 0 Å². The van der Waals surface area contributed by atoms with E-state index in [4.69, 9.17) is 16.3 Å². The van der Waals surface area contributed by atoms with Crippen molar-refractivity contribution < 1.29 is 9.53 Å². The summed E-state index contributed by atoms with van der Waals surface area (Å²) in [6, 6.07) is 7.58. The lowest BCUT2D eigenvalue weighted by Gasteiger charge is -2.19. The van der Waals surface area contributed by atoms with Gasteiger partial charge in [-0.2, -0.15) is 0 Å². The Morgan fingerprint density at radius 3 is 2.74 bits per heavy atom. The van der Waals surface area contributed by atoms with E-state index in [0.717, 1.165) is 18.5 Å². The van der Waals surface area contributed by atoms with Gasteiger partial charge in [0.1, 0.15) is 0 Å². The molecular weight excluding hydrogens is 262 g/mol. The Bertz CT molecular complexity index is 475. The van der Waals surface area contributed by atoms with Gasteiger partial charge in [0.25, 0.3) is 0 Å². The summed E-state index contributed by atoms with van der Waals surface area (Å²) in [5, 5.41) is 0.650. The molecule has 4 heteroatoms. The third-order valence-electron chi connectivity index (χ3n) is 3.68. The summed E-state index contributed by atoms with van der Waals surface area (Å²) in [7, 11) is 4.03. The number of rotatable bonds is 5. The summed E-state index contributed by atoms with van der Waals surface area (Å²) in [5.41, 5.74) is 0.362. The molecule has 0 aromatic heterocycles. The number of esters is 1. The predicted octanol–water partition coefficient (Wildman–Crippen LogP) is 2.72. The molecule has 2 atom stereocenters. The Morgan fingerprint density at radius 2 is 2.16 bits per heavy atom. The summed E-state index contributed by atoms with van der Waals surface area (Å²) in [6.45, 7) is 3.10. The van der Waals surface area contributed by atoms with Crippen molar-refractivity contribution in [2.75, 3.05) is 27.2 Å². The number of hydrogen-bond donors (Lipinski definition) is 0. The first-order valence-corrected chi connectivity index (χ1v) is 6.97. The van der Waals surface area contributed by atoms with Crippen molar-refractivity contribution in [3.8, 4) is 0 Å². The smallest absolute Gasteiger partial charge is 0.316 e. The summed E-state index contributed by atoms with van der Waals surface area (Å²) < 4.78 is 5.27. The fourth-order valence-corrected chi connectivity index (χ4v) is 3.07. The first-order valence-electron chi connectivity index (χ1n) is 6.59. The Hall–Kier alpha value is -1.06. The number of halogens is 1. The molecule has 0 amide bonds. The van der Waals surface area contributed by atoms with Crippen LogP contribution in [0.25, 0.3) is 0 Å². The molecule has 0 N–H and O–H groups in total. The second-order valence-corrected chi connectivity index (χ2v) is 5.74. The topological polar surface area (TPSA) is 29.5 Å². The molecule has 1 saturated carbocycles. The van der Waals surface area contributed by atoms with Crippen LogP contribution in [0.15, 0.2) is 24.3 Å². The predicted molar refractivity (Wildman–Crippen MR) is 76.4 cm³/mol. The molecule has 1 fully saturated rings. The molecule has 0 bridgehead atoms. The first-order chi connectivity index (χ1) is 9.02. The average molecular weight is 282 g/mol. The molecule has 0 spiro atoms. The molecule has 1 aromatic carbocycles. The normalized spacial score (nSPS) is 25.4. The quantitative estimate of drug-likeness (QED) is 0.777. The van der Waals surface area contributed by atoms with Gasteiger partial charge in [-0.05, 0) is 45.0 Å². The molecule has 2 rings (SSSR count). The maximum absolute atomic E-state index is 12.4.